The van der Waals surface area contributed by atoms with E-state index >= 15 is 0 Å². The van der Waals surface area contributed by atoms with E-state index in [0.29, 0.717) is 0 Å². The van der Waals surface area contributed by atoms with E-state index in [0.717, 1.165) is 0 Å². The van der Waals surface area contributed by atoms with Crippen molar-refractivity contribution >= 4 is 10.2 Å². The van der Waals surface area contributed by atoms with Crippen molar-refractivity contribution in [2.45, 2.75) is 27.3 Å². The van der Waals surface area contributed by atoms with E-state index in [4.69, 9.17) is 15.3 Å². The Hall–Kier alpha value is 0.0969. The van der Waals surface area contributed by atoms with Gasteiger partial charge in [-0.1, -0.05) is 20.8 Å². The second-order valence-electron chi connectivity index (χ2n) is 0.866. The van der Waals surface area contributed by atoms with Crippen LogP contribution in [0.5, 0.6) is 0 Å². The normalized spacial score (nSPS) is 5.55. The maximum atomic E-state index is 8.93. The first-order valence-corrected chi connectivity index (χ1v) is 4.49. The van der Waals surface area contributed by atoms with Crippen molar-refractivity contribution in [3.8, 4) is 0 Å². The Morgan fingerprint density at radius 2 is 0.727 bits per heavy atom. The third-order valence-electron chi connectivity index (χ3n) is 0. The quantitative estimate of drug-likeness (QED) is 0.415. The van der Waals surface area contributed by atoms with Crippen LogP contribution in [0.15, 0.2) is 0 Å². The first-order chi connectivity index (χ1) is 5.24. The van der Waals surface area contributed by atoms with Gasteiger partial charge in [0, 0.05) is 0 Å². The van der Waals surface area contributed by atoms with E-state index in [2.05, 4.69) is 10.2 Å². The molecule has 0 saturated carbocycles. The van der Waals surface area contributed by atoms with Crippen LogP contribution in [-0.4, -0.2) is 30.1 Å². The average Bonchev–Trinajstić information content (AvgIpc) is 1.96. The van der Waals surface area contributed by atoms with Crippen LogP contribution < -0.4 is 15.3 Å². The first kappa shape index (κ1) is 22.5. The molecular weight excluding hydrogens is 160 g/mol. The van der Waals surface area contributed by atoms with Crippen LogP contribution in [0.4, 0.5) is 0 Å². The Morgan fingerprint density at radius 3 is 0.727 bits per heavy atom. The van der Waals surface area contributed by atoms with Gasteiger partial charge in [-0.05, 0) is 0 Å². The summed E-state index contributed by atoms with van der Waals surface area (Å²) in [5, 5.41) is 26.8. The van der Waals surface area contributed by atoms with Crippen LogP contribution in [-0.2, 0) is 0 Å². The van der Waals surface area contributed by atoms with Crippen LogP contribution in [0.2, 0.25) is 6.55 Å². The van der Waals surface area contributed by atoms with Crippen molar-refractivity contribution in [3.05, 3.63) is 0 Å². The van der Waals surface area contributed by atoms with Gasteiger partial charge in [-0.25, -0.2) is 0 Å². The summed E-state index contributed by atoms with van der Waals surface area (Å²) in [4.78, 5) is 0. The van der Waals surface area contributed by atoms with Crippen LogP contribution in [0.25, 0.3) is 0 Å². The Kier molecular flexibility index (Phi) is 178. The van der Waals surface area contributed by atoms with Gasteiger partial charge in [0.1, 0.15) is 0 Å². The summed E-state index contributed by atoms with van der Waals surface area (Å²) in [7, 11) is 2.97. The summed E-state index contributed by atoms with van der Waals surface area (Å²) in [6.07, 6.45) is 0. The second kappa shape index (κ2) is 87.1. The Labute approximate surface area is 73.5 Å². The minimum atomic E-state index is 0. The fourth-order valence-corrected chi connectivity index (χ4v) is 0. The summed E-state index contributed by atoms with van der Waals surface area (Å²) in [6.45, 7) is 6.51. The zero-order valence-electron chi connectivity index (χ0n) is 7.85. The Balaban J connectivity index is -0.0000000301. The number of rotatable bonds is 0. The van der Waals surface area contributed by atoms with E-state index in [9.17, 15) is 0 Å². The molecular formula is C7H18O3Si. The van der Waals surface area contributed by atoms with E-state index < -0.39 is 0 Å². The molecule has 0 amide bonds. The fourth-order valence-electron chi connectivity index (χ4n) is 0. The molecule has 0 aromatic heterocycles. The molecule has 0 bridgehead atoms. The molecule has 0 saturated heterocycles. The summed E-state index contributed by atoms with van der Waals surface area (Å²) in [5.41, 5.74) is 0. The van der Waals surface area contributed by atoms with Gasteiger partial charge >= 0.3 is 16.8 Å². The van der Waals surface area contributed by atoms with Crippen molar-refractivity contribution < 1.29 is 15.3 Å². The first-order valence-electron chi connectivity index (χ1n) is 3.49. The molecule has 11 heavy (non-hydrogen) atoms. The SMILES string of the molecule is CC[O-].CC[O-].CC[O-].C[Si+3]. The summed E-state index contributed by atoms with van der Waals surface area (Å²) in [5.74, 6) is 0. The minimum absolute atomic E-state index is 0. The molecule has 0 fully saturated rings. The van der Waals surface area contributed by atoms with Gasteiger partial charge in [0.05, 0.1) is 0 Å². The van der Waals surface area contributed by atoms with E-state index in [1.54, 1.807) is 27.3 Å². The third-order valence-corrected chi connectivity index (χ3v) is 0. The van der Waals surface area contributed by atoms with Gasteiger partial charge < -0.3 is 15.3 Å². The van der Waals surface area contributed by atoms with Gasteiger partial charge in [0.2, 0.25) is 0 Å². The standard InChI is InChI=1S/3C2H5O.CH3Si/c3*1-2-3;1-2/h3*2H2,1H3;1H3/q3*-1;+3. The van der Waals surface area contributed by atoms with Gasteiger partial charge in [0.15, 0.2) is 0 Å². The van der Waals surface area contributed by atoms with E-state index in [1.807, 2.05) is 0 Å². The molecule has 0 atom stereocenters. The molecule has 0 N–H and O–H groups in total. The van der Waals surface area contributed by atoms with E-state index in [1.165, 1.54) is 0 Å². The fraction of sp³-hybridized carbons (Fsp3) is 1.00. The molecule has 0 spiro atoms. The molecule has 0 radical (unpaired) electrons. The van der Waals surface area contributed by atoms with Crippen LogP contribution in [0.3, 0.4) is 0 Å². The molecule has 0 aromatic rings. The molecule has 4 heteroatoms. The van der Waals surface area contributed by atoms with Crippen LogP contribution in [0, 0.1) is 0 Å². The van der Waals surface area contributed by atoms with Crippen molar-refractivity contribution in [1.29, 1.82) is 0 Å². The van der Waals surface area contributed by atoms with Gasteiger partial charge in [-0.15, -0.1) is 19.8 Å². The van der Waals surface area contributed by atoms with Gasteiger partial charge in [0.25, 0.3) is 0 Å². The zero-order valence-corrected chi connectivity index (χ0v) is 8.85. The summed E-state index contributed by atoms with van der Waals surface area (Å²) < 4.78 is 0. The number of hydrogen-bond donors (Lipinski definition) is 0. The second-order valence-corrected chi connectivity index (χ2v) is 0.866. The van der Waals surface area contributed by atoms with Crippen molar-refractivity contribution in [1.82, 2.24) is 0 Å². The van der Waals surface area contributed by atoms with Crippen molar-refractivity contribution in [2.75, 3.05) is 19.8 Å². The molecule has 0 aliphatic heterocycles. The molecule has 0 unspecified atom stereocenters. The topological polar surface area (TPSA) is 69.2 Å². The molecule has 0 aromatic carbocycles. The molecule has 0 heterocycles. The predicted molar refractivity (Wildman–Crippen MR) is 43.2 cm³/mol. The zero-order chi connectivity index (χ0) is 10.1. The number of hydrogen-bond acceptors (Lipinski definition) is 3. The molecule has 0 rings (SSSR count). The molecule has 0 aliphatic carbocycles. The van der Waals surface area contributed by atoms with E-state index in [-0.39, 0.29) is 19.8 Å². The maximum absolute atomic E-state index is 8.93. The molecule has 68 valence electrons. The third kappa shape index (κ3) is 70500. The van der Waals surface area contributed by atoms with Crippen molar-refractivity contribution in [3.63, 3.8) is 0 Å². The average molecular weight is 178 g/mol. The van der Waals surface area contributed by atoms with Gasteiger partial charge in [-0.2, -0.15) is 0 Å². The van der Waals surface area contributed by atoms with Gasteiger partial charge in [-0.3, -0.25) is 0 Å². The van der Waals surface area contributed by atoms with Crippen LogP contribution >= 0.6 is 0 Å². The Bertz CT molecular complexity index is 18.4. The summed E-state index contributed by atoms with van der Waals surface area (Å²) in [6, 6.07) is 0. The van der Waals surface area contributed by atoms with Crippen molar-refractivity contribution in [2.24, 2.45) is 0 Å². The predicted octanol–water partition coefficient (Wildman–Crippen LogP) is -1.70. The summed E-state index contributed by atoms with van der Waals surface area (Å²) >= 11 is 0. The Morgan fingerprint density at radius 1 is 0.727 bits per heavy atom. The molecule has 3 nitrogen and oxygen atoms in total. The molecule has 0 aliphatic rings. The monoisotopic (exact) mass is 178 g/mol. The van der Waals surface area contributed by atoms with Crippen LogP contribution in [0.1, 0.15) is 20.8 Å².